The summed E-state index contributed by atoms with van der Waals surface area (Å²) in [6.07, 6.45) is -4.22. The van der Waals surface area contributed by atoms with E-state index in [1.165, 1.54) is 17.0 Å². The van der Waals surface area contributed by atoms with Crippen molar-refractivity contribution in [3.8, 4) is 0 Å². The molecular weight excluding hydrogens is 331 g/mol. The summed E-state index contributed by atoms with van der Waals surface area (Å²) in [5.74, 6) is -0.757. The predicted molar refractivity (Wildman–Crippen MR) is 78.4 cm³/mol. The number of alkyl halides is 3. The van der Waals surface area contributed by atoms with E-state index in [4.69, 9.17) is 10.5 Å². The largest absolute Gasteiger partial charge is 0.459 e. The number of anilines is 1. The van der Waals surface area contributed by atoms with E-state index in [1.54, 1.807) is 0 Å². The monoisotopic (exact) mass is 347 g/mol. The molecule has 0 atom stereocenters. The molecule has 1 aliphatic rings. The zero-order valence-corrected chi connectivity index (χ0v) is 12.6. The molecule has 1 aromatic carbocycles. The van der Waals surface area contributed by atoms with Crippen LogP contribution < -0.4 is 5.73 Å². The Morgan fingerprint density at radius 1 is 1.38 bits per heavy atom. The van der Waals surface area contributed by atoms with Crippen LogP contribution in [-0.4, -0.2) is 47.7 Å². The van der Waals surface area contributed by atoms with Crippen molar-refractivity contribution in [1.82, 2.24) is 4.90 Å². The Bertz CT molecular complexity index is 628. The molecule has 0 aromatic heterocycles. The van der Waals surface area contributed by atoms with Gasteiger partial charge < -0.3 is 10.5 Å². The number of benzene rings is 1. The molecule has 7 nitrogen and oxygen atoms in total. The highest BCUT2D eigenvalue weighted by molar-refractivity contribution is 5.91. The van der Waals surface area contributed by atoms with Gasteiger partial charge in [0, 0.05) is 19.2 Å². The number of nitrogens with zero attached hydrogens (tertiary/aromatic N) is 2. The van der Waals surface area contributed by atoms with E-state index < -0.39 is 35.4 Å². The van der Waals surface area contributed by atoms with Crippen LogP contribution in [0.3, 0.4) is 0 Å². The van der Waals surface area contributed by atoms with E-state index in [1.807, 2.05) is 0 Å². The van der Waals surface area contributed by atoms with Crippen molar-refractivity contribution in [2.45, 2.75) is 25.1 Å². The summed E-state index contributed by atoms with van der Waals surface area (Å²) in [4.78, 5) is 23.4. The van der Waals surface area contributed by atoms with Gasteiger partial charge in [0.25, 0.3) is 5.69 Å². The number of hydrogen-bond acceptors (Lipinski definition) is 6. The van der Waals surface area contributed by atoms with E-state index in [0.717, 1.165) is 6.07 Å². The van der Waals surface area contributed by atoms with Crippen LogP contribution >= 0.6 is 0 Å². The van der Waals surface area contributed by atoms with Crippen molar-refractivity contribution in [2.75, 3.05) is 25.4 Å². The molecule has 0 bridgehead atoms. The zero-order chi connectivity index (χ0) is 17.9. The average molecular weight is 347 g/mol. The fourth-order valence-electron chi connectivity index (χ4n) is 2.49. The number of esters is 1. The van der Waals surface area contributed by atoms with E-state index in [2.05, 4.69) is 0 Å². The molecule has 1 heterocycles. The van der Waals surface area contributed by atoms with Gasteiger partial charge in [-0.3, -0.25) is 15.0 Å². The molecule has 2 N–H and O–H groups in total. The molecule has 0 amide bonds. The van der Waals surface area contributed by atoms with Gasteiger partial charge in [-0.1, -0.05) is 0 Å². The first-order valence-electron chi connectivity index (χ1n) is 7.20. The van der Waals surface area contributed by atoms with E-state index in [0.29, 0.717) is 0 Å². The van der Waals surface area contributed by atoms with Crippen LogP contribution in [0.15, 0.2) is 18.2 Å². The number of nitrogens with two attached hydrogens (primary N) is 1. The third kappa shape index (κ3) is 4.82. The average Bonchev–Trinajstić information content (AvgIpc) is 2.48. The van der Waals surface area contributed by atoms with Crippen molar-refractivity contribution in [3.05, 3.63) is 33.9 Å². The number of nitro groups is 1. The van der Waals surface area contributed by atoms with E-state index in [-0.39, 0.29) is 37.2 Å². The number of ether oxygens (including phenoxy) is 1. The first-order valence-corrected chi connectivity index (χ1v) is 7.20. The highest BCUT2D eigenvalue weighted by Crippen LogP contribution is 2.24. The molecule has 0 aliphatic carbocycles. The van der Waals surface area contributed by atoms with Crippen LogP contribution in [0.5, 0.6) is 0 Å². The van der Waals surface area contributed by atoms with Gasteiger partial charge in [-0.2, -0.15) is 13.2 Å². The van der Waals surface area contributed by atoms with Crippen molar-refractivity contribution < 1.29 is 27.6 Å². The maximum Gasteiger partial charge on any atom is 0.401 e. The van der Waals surface area contributed by atoms with Crippen LogP contribution in [0.1, 0.15) is 23.2 Å². The topological polar surface area (TPSA) is 98.7 Å². The Hall–Kier alpha value is -2.36. The highest BCUT2D eigenvalue weighted by atomic mass is 19.4. The minimum atomic E-state index is -4.26. The standard InChI is InChI=1S/C14H16F3N3O4/c15-14(16,17)8-19-5-3-10(4-6-19)24-13(21)9-1-2-11(18)12(7-9)20(22)23/h1-2,7,10H,3-6,8,18H2. The first kappa shape index (κ1) is 18.0. The number of rotatable bonds is 4. The SMILES string of the molecule is Nc1ccc(C(=O)OC2CCN(CC(F)(F)F)CC2)cc1[N+](=O)[O-]. The molecule has 0 saturated carbocycles. The third-order valence-electron chi connectivity index (χ3n) is 3.67. The molecule has 1 fully saturated rings. The second-order valence-electron chi connectivity index (χ2n) is 5.53. The lowest BCUT2D eigenvalue weighted by Crippen LogP contribution is -2.42. The van der Waals surface area contributed by atoms with Gasteiger partial charge in [-0.25, -0.2) is 4.79 Å². The number of carbonyl (C=O) groups excluding carboxylic acids is 1. The molecule has 132 valence electrons. The molecule has 1 saturated heterocycles. The van der Waals surface area contributed by atoms with Crippen molar-refractivity contribution in [2.24, 2.45) is 0 Å². The van der Waals surface area contributed by atoms with Gasteiger partial charge in [0.15, 0.2) is 0 Å². The van der Waals surface area contributed by atoms with Crippen LogP contribution in [0.25, 0.3) is 0 Å². The number of hydrogen-bond donors (Lipinski definition) is 1. The van der Waals surface area contributed by atoms with Crippen LogP contribution in [0, 0.1) is 10.1 Å². The minimum Gasteiger partial charge on any atom is -0.459 e. The molecule has 1 aliphatic heterocycles. The van der Waals surface area contributed by atoms with Gasteiger partial charge in [0.05, 0.1) is 17.0 Å². The molecule has 0 unspecified atom stereocenters. The molecule has 2 rings (SSSR count). The number of carbonyl (C=O) groups is 1. The summed E-state index contributed by atoms with van der Waals surface area (Å²) in [7, 11) is 0. The summed E-state index contributed by atoms with van der Waals surface area (Å²) in [6.45, 7) is -0.656. The van der Waals surface area contributed by atoms with Gasteiger partial charge in [-0.05, 0) is 25.0 Å². The third-order valence-corrected chi connectivity index (χ3v) is 3.67. The number of piperidine rings is 1. The molecule has 24 heavy (non-hydrogen) atoms. The fraction of sp³-hybridized carbons (Fsp3) is 0.500. The lowest BCUT2D eigenvalue weighted by molar-refractivity contribution is -0.383. The lowest BCUT2D eigenvalue weighted by Gasteiger charge is -2.31. The van der Waals surface area contributed by atoms with Crippen LogP contribution in [-0.2, 0) is 4.74 Å². The number of likely N-dealkylation sites (tertiary alicyclic amines) is 1. The second kappa shape index (κ2) is 7.04. The Kier molecular flexibility index (Phi) is 5.27. The zero-order valence-electron chi connectivity index (χ0n) is 12.6. The maximum atomic E-state index is 12.3. The van der Waals surface area contributed by atoms with Crippen molar-refractivity contribution in [3.63, 3.8) is 0 Å². The normalized spacial score (nSPS) is 16.8. The van der Waals surface area contributed by atoms with Crippen molar-refractivity contribution in [1.29, 1.82) is 0 Å². The summed E-state index contributed by atoms with van der Waals surface area (Å²) in [5.41, 5.74) is 4.96. The molecule has 1 aromatic rings. The fourth-order valence-corrected chi connectivity index (χ4v) is 2.49. The molecule has 0 radical (unpaired) electrons. The number of halogens is 3. The van der Waals surface area contributed by atoms with Gasteiger partial charge in [0.2, 0.25) is 0 Å². The molecule has 10 heteroatoms. The Labute approximate surface area is 135 Å². The Morgan fingerprint density at radius 3 is 2.54 bits per heavy atom. The quantitative estimate of drug-likeness (QED) is 0.388. The van der Waals surface area contributed by atoms with E-state index >= 15 is 0 Å². The summed E-state index contributed by atoms with van der Waals surface area (Å²) in [6, 6.07) is 3.57. The first-order chi connectivity index (χ1) is 11.2. The Morgan fingerprint density at radius 2 is 2.00 bits per heavy atom. The van der Waals surface area contributed by atoms with Gasteiger partial charge in [-0.15, -0.1) is 0 Å². The summed E-state index contributed by atoms with van der Waals surface area (Å²) < 4.78 is 42.2. The van der Waals surface area contributed by atoms with Crippen molar-refractivity contribution >= 4 is 17.3 Å². The smallest absolute Gasteiger partial charge is 0.401 e. The van der Waals surface area contributed by atoms with Crippen LogP contribution in [0.2, 0.25) is 0 Å². The van der Waals surface area contributed by atoms with Gasteiger partial charge >= 0.3 is 12.1 Å². The second-order valence-corrected chi connectivity index (χ2v) is 5.53. The maximum absolute atomic E-state index is 12.3. The number of nitro benzene ring substituents is 1. The minimum absolute atomic E-state index is 0.0198. The number of nitrogen functional groups attached to an aromatic ring is 1. The summed E-state index contributed by atoms with van der Waals surface area (Å²) in [5, 5.41) is 10.8. The lowest BCUT2D eigenvalue weighted by atomic mass is 10.1. The summed E-state index contributed by atoms with van der Waals surface area (Å²) >= 11 is 0. The Balaban J connectivity index is 1.92. The molecule has 0 spiro atoms. The highest BCUT2D eigenvalue weighted by Gasteiger charge is 2.33. The van der Waals surface area contributed by atoms with Crippen LogP contribution in [0.4, 0.5) is 24.5 Å². The van der Waals surface area contributed by atoms with Gasteiger partial charge in [0.1, 0.15) is 11.8 Å². The van der Waals surface area contributed by atoms with E-state index in [9.17, 15) is 28.1 Å². The predicted octanol–water partition coefficient (Wildman–Crippen LogP) is 2.36. The molecular formula is C14H16F3N3O4.